The van der Waals surface area contributed by atoms with Gasteiger partial charge in [0, 0.05) is 0 Å². The summed E-state index contributed by atoms with van der Waals surface area (Å²) < 4.78 is 1.43. The molecule has 0 saturated heterocycles. The average Bonchev–Trinajstić information content (AvgIpc) is 1.41. The van der Waals surface area contributed by atoms with Crippen LogP contribution in [0.15, 0.2) is 0 Å². The zero-order valence-electron chi connectivity index (χ0n) is 3.70. The topological polar surface area (TPSA) is 26.0 Å². The van der Waals surface area contributed by atoms with E-state index in [4.69, 9.17) is 5.73 Å². The van der Waals surface area contributed by atoms with Crippen molar-refractivity contribution in [2.45, 2.75) is 10.9 Å². The Morgan fingerprint density at radius 1 is 1.60 bits per heavy atom. The van der Waals surface area contributed by atoms with Crippen molar-refractivity contribution < 1.29 is 0 Å². The summed E-state index contributed by atoms with van der Waals surface area (Å²) in [7, 11) is 0. The summed E-state index contributed by atoms with van der Waals surface area (Å²) >= 11 is 0.902. The first-order chi connectivity index (χ1) is 2.41. The van der Waals surface area contributed by atoms with Gasteiger partial charge in [0.15, 0.2) is 0 Å². The van der Waals surface area contributed by atoms with Crippen molar-refractivity contribution in [3.8, 4) is 0 Å². The van der Waals surface area contributed by atoms with Crippen LogP contribution in [0.4, 0.5) is 0 Å². The third kappa shape index (κ3) is 4.76. The van der Waals surface area contributed by atoms with E-state index in [0.717, 1.165) is 29.1 Å². The van der Waals surface area contributed by atoms with Gasteiger partial charge in [-0.05, 0) is 0 Å². The van der Waals surface area contributed by atoms with Crippen LogP contribution in [-0.4, -0.2) is 29.1 Å². The number of hydrogen-bond acceptors (Lipinski definition) is 1. The summed E-state index contributed by atoms with van der Waals surface area (Å²) in [5.41, 5.74) is 5.17. The fourth-order valence-corrected chi connectivity index (χ4v) is 1.37. The summed E-state index contributed by atoms with van der Waals surface area (Å²) in [5, 5.41) is 0. The predicted molar refractivity (Wildman–Crippen MR) is 28.4 cm³/mol. The normalized spacial score (nSPS) is 9.00. The standard InChI is InChI=1S/C3H8N.Sn.3H/c1-2-3-4;;;;/h1-4H2;;;;. The molecule has 0 saturated carbocycles. The third-order valence-corrected chi connectivity index (χ3v) is 2.58. The van der Waals surface area contributed by atoms with Crippen LogP contribution < -0.4 is 5.73 Å². The van der Waals surface area contributed by atoms with Crippen LogP contribution in [0.5, 0.6) is 0 Å². The number of hydrogen-bond donors (Lipinski definition) is 1. The summed E-state index contributed by atoms with van der Waals surface area (Å²) in [6.07, 6.45) is 1.26. The van der Waals surface area contributed by atoms with Crippen molar-refractivity contribution in [3.63, 3.8) is 0 Å². The van der Waals surface area contributed by atoms with Crippen molar-refractivity contribution in [2.24, 2.45) is 5.73 Å². The molecule has 5 heavy (non-hydrogen) atoms. The molecule has 0 spiro atoms. The Morgan fingerprint density at radius 3 is 2.20 bits per heavy atom. The van der Waals surface area contributed by atoms with Crippen molar-refractivity contribution >= 4 is 22.5 Å². The van der Waals surface area contributed by atoms with Gasteiger partial charge < -0.3 is 0 Å². The van der Waals surface area contributed by atoms with Crippen LogP contribution in [0.1, 0.15) is 6.42 Å². The second-order valence-corrected chi connectivity index (χ2v) is 4.00. The second-order valence-electron chi connectivity index (χ2n) is 1.14. The Bertz CT molecular complexity index is 14.4. The van der Waals surface area contributed by atoms with Gasteiger partial charge in [-0.2, -0.15) is 0 Å². The van der Waals surface area contributed by atoms with Crippen molar-refractivity contribution in [1.29, 1.82) is 0 Å². The molecule has 32 valence electrons. The molecular formula is C3H11NSn. The third-order valence-electron chi connectivity index (χ3n) is 0.558. The van der Waals surface area contributed by atoms with Gasteiger partial charge in [0.25, 0.3) is 0 Å². The fraction of sp³-hybridized carbons (Fsp3) is 1.00. The van der Waals surface area contributed by atoms with Gasteiger partial charge >= 0.3 is 45.7 Å². The second kappa shape index (κ2) is 4.76. The number of rotatable bonds is 2. The van der Waals surface area contributed by atoms with E-state index < -0.39 is 0 Å². The fourth-order valence-electron chi connectivity index (χ4n) is 0.204. The monoisotopic (exact) mass is 181 g/mol. The zero-order chi connectivity index (χ0) is 4.12. The van der Waals surface area contributed by atoms with Crippen LogP contribution in [0.3, 0.4) is 0 Å². The van der Waals surface area contributed by atoms with E-state index in [1.54, 1.807) is 0 Å². The van der Waals surface area contributed by atoms with E-state index in [2.05, 4.69) is 0 Å². The maximum atomic E-state index is 5.17. The first kappa shape index (κ1) is 5.76. The van der Waals surface area contributed by atoms with E-state index in [0.29, 0.717) is 0 Å². The minimum atomic E-state index is 0.896. The van der Waals surface area contributed by atoms with Crippen molar-refractivity contribution in [1.82, 2.24) is 0 Å². The van der Waals surface area contributed by atoms with Crippen LogP contribution >= 0.6 is 0 Å². The molecular weight excluding hydrogens is 169 g/mol. The first-order valence-electron chi connectivity index (χ1n) is 2.12. The van der Waals surface area contributed by atoms with Crippen molar-refractivity contribution in [3.05, 3.63) is 0 Å². The van der Waals surface area contributed by atoms with Crippen LogP contribution in [0, 0.1) is 0 Å². The number of nitrogens with two attached hydrogens (primary N) is 1. The molecule has 2 heteroatoms. The van der Waals surface area contributed by atoms with Crippen LogP contribution in [0.2, 0.25) is 4.44 Å². The van der Waals surface area contributed by atoms with E-state index in [1.807, 2.05) is 0 Å². The Morgan fingerprint density at radius 2 is 2.20 bits per heavy atom. The van der Waals surface area contributed by atoms with Crippen LogP contribution in [0.25, 0.3) is 0 Å². The average molecular weight is 180 g/mol. The van der Waals surface area contributed by atoms with Gasteiger partial charge in [-0.1, -0.05) is 0 Å². The van der Waals surface area contributed by atoms with Gasteiger partial charge in [0.1, 0.15) is 0 Å². The molecule has 0 aromatic carbocycles. The van der Waals surface area contributed by atoms with Crippen molar-refractivity contribution in [2.75, 3.05) is 6.54 Å². The summed E-state index contributed by atoms with van der Waals surface area (Å²) in [5.74, 6) is 0. The summed E-state index contributed by atoms with van der Waals surface area (Å²) in [4.78, 5) is 0. The van der Waals surface area contributed by atoms with E-state index in [1.165, 1.54) is 10.9 Å². The molecule has 0 radical (unpaired) electrons. The van der Waals surface area contributed by atoms with E-state index in [-0.39, 0.29) is 0 Å². The molecule has 0 aromatic rings. The first-order valence-corrected chi connectivity index (χ1v) is 6.15. The summed E-state index contributed by atoms with van der Waals surface area (Å²) in [6.45, 7) is 0.896. The molecule has 0 unspecified atom stereocenters. The Balaban J connectivity index is 2.19. The quantitative estimate of drug-likeness (QED) is 0.548. The van der Waals surface area contributed by atoms with Gasteiger partial charge in [0.05, 0.1) is 0 Å². The van der Waals surface area contributed by atoms with Gasteiger partial charge in [-0.25, -0.2) is 0 Å². The SMILES string of the molecule is NCC[CH2][SnH3]. The Labute approximate surface area is 46.0 Å². The predicted octanol–water partition coefficient (Wildman–Crippen LogP) is -0.881. The molecule has 0 aliphatic carbocycles. The molecule has 0 atom stereocenters. The van der Waals surface area contributed by atoms with E-state index >= 15 is 0 Å². The Kier molecular flexibility index (Phi) is 5.48. The molecule has 0 aliphatic heterocycles. The Hall–Kier alpha value is 0.759. The molecule has 0 amide bonds. The maximum absolute atomic E-state index is 5.17. The molecule has 2 N–H and O–H groups in total. The molecule has 0 fully saturated rings. The minimum absolute atomic E-state index is 0.896. The molecule has 1 nitrogen and oxygen atoms in total. The molecule has 0 rings (SSSR count). The molecule has 0 aromatic heterocycles. The molecule has 0 bridgehead atoms. The zero-order valence-corrected chi connectivity index (χ0v) is 9.41. The van der Waals surface area contributed by atoms with Gasteiger partial charge in [-0.15, -0.1) is 0 Å². The summed E-state index contributed by atoms with van der Waals surface area (Å²) in [6, 6.07) is 0. The van der Waals surface area contributed by atoms with E-state index in [9.17, 15) is 0 Å². The van der Waals surface area contributed by atoms with Gasteiger partial charge in [0.2, 0.25) is 0 Å². The molecule has 0 heterocycles. The molecule has 0 aliphatic rings. The van der Waals surface area contributed by atoms with Gasteiger partial charge in [-0.3, -0.25) is 0 Å². The van der Waals surface area contributed by atoms with Crippen LogP contribution in [-0.2, 0) is 0 Å².